The maximum atomic E-state index is 13.4. The summed E-state index contributed by atoms with van der Waals surface area (Å²) in [6, 6.07) is 0. The minimum Gasteiger partial charge on any atom is -0.743 e. The van der Waals surface area contributed by atoms with Crippen LogP contribution < -0.4 is 6.15 Å². The van der Waals surface area contributed by atoms with Gasteiger partial charge in [0.15, 0.2) is 10.1 Å². The largest absolute Gasteiger partial charge is 0.743 e. The molecule has 0 radical (unpaired) electrons. The van der Waals surface area contributed by atoms with Gasteiger partial charge >= 0.3 is 47.0 Å². The molecule has 22 heteroatoms. The summed E-state index contributed by atoms with van der Waals surface area (Å²) in [6.07, 6.45) is -13.1. The van der Waals surface area contributed by atoms with Gasteiger partial charge in [-0.05, 0) is 6.42 Å². The van der Waals surface area contributed by atoms with Gasteiger partial charge in [0.1, 0.15) is 0 Å². The molecule has 0 aliphatic carbocycles. The van der Waals surface area contributed by atoms with Gasteiger partial charge in [0.2, 0.25) is 0 Å². The Hall–Kier alpha value is -1.32. The fourth-order valence-corrected chi connectivity index (χ4v) is 2.27. The quantitative estimate of drug-likeness (QED) is 0.261. The second-order valence-corrected chi connectivity index (χ2v) is 7.44. The van der Waals surface area contributed by atoms with Crippen molar-refractivity contribution in [2.45, 2.75) is 66.2 Å². The molecule has 0 aliphatic rings. The van der Waals surface area contributed by atoms with Crippen molar-refractivity contribution < 1.29 is 87.6 Å². The van der Waals surface area contributed by atoms with E-state index in [1.54, 1.807) is 0 Å². The lowest BCUT2D eigenvalue weighted by atomic mass is 9.89. The van der Waals surface area contributed by atoms with Crippen molar-refractivity contribution in [3.05, 3.63) is 0 Å². The highest BCUT2D eigenvalue weighted by atomic mass is 32.2. The summed E-state index contributed by atoms with van der Waals surface area (Å²) in [5, 5.41) is -7.85. The van der Waals surface area contributed by atoms with Gasteiger partial charge in [-0.2, -0.15) is 74.6 Å². The molecule has 0 heterocycles. The van der Waals surface area contributed by atoms with Gasteiger partial charge in [0.25, 0.3) is 0 Å². The number of quaternary nitrogens is 1. The Kier molecular flexibility index (Phi) is 8.94. The first-order valence-corrected chi connectivity index (χ1v) is 8.53. The van der Waals surface area contributed by atoms with Gasteiger partial charge < -0.3 is 10.7 Å². The molecule has 202 valence electrons. The molecule has 0 unspecified atom stereocenters. The van der Waals surface area contributed by atoms with Crippen molar-refractivity contribution in [2.24, 2.45) is 0 Å². The van der Waals surface area contributed by atoms with E-state index in [0.29, 0.717) is 0 Å². The van der Waals surface area contributed by atoms with Gasteiger partial charge in [-0.1, -0.05) is 0 Å². The minimum absolute atomic E-state index is 0. The van der Waals surface area contributed by atoms with Crippen LogP contribution >= 0.6 is 0 Å². The van der Waals surface area contributed by atoms with E-state index in [0.717, 1.165) is 0 Å². The predicted molar refractivity (Wildman–Crippen MR) is 70.2 cm³/mol. The average molecular weight is 559 g/mol. The number of hydrogen-bond acceptors (Lipinski definition) is 3. The van der Waals surface area contributed by atoms with Gasteiger partial charge in [-0.3, -0.25) is 0 Å². The van der Waals surface area contributed by atoms with Crippen LogP contribution in [-0.2, 0) is 10.1 Å². The van der Waals surface area contributed by atoms with E-state index >= 15 is 0 Å². The number of rotatable bonds is 10. The van der Waals surface area contributed by atoms with Crippen LogP contribution in [0.4, 0.5) is 74.6 Å². The molecule has 0 aromatic carbocycles. The molecule has 0 aromatic rings. The standard InChI is InChI=1S/C11H7F17O3S.H3N/c12-4(13,2-1-3-5(14,15)16)6(17,18)7(19,20)8(21,22)9(23,24)10(25,26)11(27,28)32(29,30)31;/h1-3H2,(H,29,30,31);1H3. The smallest absolute Gasteiger partial charge is 0.402 e. The number of halogens is 17. The summed E-state index contributed by atoms with van der Waals surface area (Å²) in [7, 11) is -8.07. The zero-order valence-electron chi connectivity index (χ0n) is 15.2. The topological polar surface area (TPSA) is 93.7 Å². The van der Waals surface area contributed by atoms with Crippen molar-refractivity contribution in [2.75, 3.05) is 0 Å². The van der Waals surface area contributed by atoms with E-state index in [-0.39, 0.29) is 6.15 Å². The number of hydrogen-bond donors (Lipinski definition) is 1. The highest BCUT2D eigenvalue weighted by molar-refractivity contribution is 7.86. The van der Waals surface area contributed by atoms with Crippen molar-refractivity contribution in [3.8, 4) is 0 Å². The highest BCUT2D eigenvalue weighted by Crippen LogP contribution is 2.63. The van der Waals surface area contributed by atoms with Gasteiger partial charge in [-0.25, -0.2) is 8.42 Å². The lowest BCUT2D eigenvalue weighted by Gasteiger charge is -2.42. The lowest BCUT2D eigenvalue weighted by Crippen LogP contribution is -2.73. The van der Waals surface area contributed by atoms with Crippen molar-refractivity contribution in [1.29, 1.82) is 0 Å². The Morgan fingerprint density at radius 1 is 0.515 bits per heavy atom. The SMILES string of the molecule is O=S(=O)([O-])C(F)(F)C(F)(F)C(F)(F)C(F)(F)C(F)(F)C(F)(F)C(F)(F)CCCC(F)(F)F.[NH4+]. The van der Waals surface area contributed by atoms with Crippen LogP contribution in [0.1, 0.15) is 19.3 Å². The van der Waals surface area contributed by atoms with Gasteiger partial charge in [0, 0.05) is 12.8 Å². The molecule has 0 aromatic heterocycles. The third-order valence-electron chi connectivity index (χ3n) is 3.67. The van der Waals surface area contributed by atoms with Crippen LogP contribution in [0.5, 0.6) is 0 Å². The summed E-state index contributed by atoms with van der Waals surface area (Å²) < 4.78 is 250. The van der Waals surface area contributed by atoms with Crippen LogP contribution in [0.25, 0.3) is 0 Å². The van der Waals surface area contributed by atoms with E-state index in [1.807, 2.05) is 0 Å². The molecule has 0 bridgehead atoms. The Morgan fingerprint density at radius 2 is 0.818 bits per heavy atom. The first-order chi connectivity index (χ1) is 13.5. The third kappa shape index (κ3) is 5.20. The molecule has 0 fully saturated rings. The van der Waals surface area contributed by atoms with Gasteiger partial charge in [-0.15, -0.1) is 0 Å². The lowest BCUT2D eigenvalue weighted by molar-refractivity contribution is -0.436. The Balaban J connectivity index is 0. The van der Waals surface area contributed by atoms with E-state index in [2.05, 4.69) is 0 Å². The van der Waals surface area contributed by atoms with Crippen molar-refractivity contribution in [3.63, 3.8) is 0 Å². The van der Waals surface area contributed by atoms with Crippen molar-refractivity contribution >= 4 is 10.1 Å². The van der Waals surface area contributed by atoms with Crippen LogP contribution in [-0.4, -0.2) is 59.9 Å². The highest BCUT2D eigenvalue weighted by Gasteiger charge is 2.93. The predicted octanol–water partition coefficient (Wildman–Crippen LogP) is 6.05. The molecular weight excluding hydrogens is 549 g/mol. The maximum absolute atomic E-state index is 13.4. The summed E-state index contributed by atoms with van der Waals surface area (Å²) in [5.74, 6) is -48.7. The molecular formula is C11H10F17NO3S. The van der Waals surface area contributed by atoms with Crippen LogP contribution in [0.2, 0.25) is 0 Å². The first kappa shape index (κ1) is 33.9. The zero-order valence-corrected chi connectivity index (χ0v) is 16.0. The van der Waals surface area contributed by atoms with Gasteiger partial charge in [0.05, 0.1) is 0 Å². The molecule has 0 atom stereocenters. The van der Waals surface area contributed by atoms with E-state index in [4.69, 9.17) is 0 Å². The molecule has 0 amide bonds. The molecule has 0 rings (SSSR count). The monoisotopic (exact) mass is 559 g/mol. The third-order valence-corrected chi connectivity index (χ3v) is 4.55. The first-order valence-electron chi connectivity index (χ1n) is 7.12. The van der Waals surface area contributed by atoms with Crippen molar-refractivity contribution in [1.82, 2.24) is 6.15 Å². The zero-order chi connectivity index (χ0) is 26.6. The maximum Gasteiger partial charge on any atom is 0.402 e. The Morgan fingerprint density at radius 3 is 1.12 bits per heavy atom. The van der Waals surface area contributed by atoms with Crippen LogP contribution in [0.3, 0.4) is 0 Å². The normalized spacial score (nSPS) is 15.9. The molecule has 0 spiro atoms. The van der Waals surface area contributed by atoms with E-state index < -0.39 is 76.3 Å². The van der Waals surface area contributed by atoms with E-state index in [9.17, 15) is 87.6 Å². The summed E-state index contributed by atoms with van der Waals surface area (Å²) >= 11 is 0. The number of alkyl halides is 17. The van der Waals surface area contributed by atoms with Crippen LogP contribution in [0.15, 0.2) is 0 Å². The summed E-state index contributed by atoms with van der Waals surface area (Å²) in [4.78, 5) is 0. The molecule has 0 aliphatic heterocycles. The molecule has 33 heavy (non-hydrogen) atoms. The summed E-state index contributed by atoms with van der Waals surface area (Å²) in [5.41, 5.74) is 0. The minimum atomic E-state index is -8.63. The second kappa shape index (κ2) is 8.72. The second-order valence-electron chi connectivity index (χ2n) is 6.02. The summed E-state index contributed by atoms with van der Waals surface area (Å²) in [6.45, 7) is 0. The fraction of sp³-hybridized carbons (Fsp3) is 1.00. The molecule has 4 nitrogen and oxygen atoms in total. The Labute approximate surface area is 171 Å². The fourth-order valence-electron chi connectivity index (χ4n) is 1.83. The Bertz CT molecular complexity index is 789. The molecule has 0 saturated carbocycles. The average Bonchev–Trinajstić information content (AvgIpc) is 2.50. The molecule has 4 N–H and O–H groups in total. The molecule has 0 saturated heterocycles. The van der Waals surface area contributed by atoms with E-state index in [1.165, 1.54) is 0 Å². The van der Waals surface area contributed by atoms with Crippen LogP contribution in [0, 0.1) is 0 Å².